The molecule has 2 N–H and O–H groups in total. The molecule has 0 saturated carbocycles. The lowest BCUT2D eigenvalue weighted by Crippen LogP contribution is -2.19. The molecule has 0 radical (unpaired) electrons. The van der Waals surface area contributed by atoms with E-state index in [1.165, 1.54) is 12.8 Å². The van der Waals surface area contributed by atoms with Crippen LogP contribution in [0.1, 0.15) is 41.6 Å². The third kappa shape index (κ3) is 7.13. The topological polar surface area (TPSA) is 55.6 Å². The molecule has 0 aliphatic carbocycles. The molecular weight excluding hydrogens is 416 g/mol. The number of anilines is 1. The Morgan fingerprint density at radius 2 is 1.86 bits per heavy atom. The summed E-state index contributed by atoms with van der Waals surface area (Å²) in [6.45, 7) is 6.43. The number of benzene rings is 2. The summed E-state index contributed by atoms with van der Waals surface area (Å²) in [6.07, 6.45) is 6.44. The van der Waals surface area contributed by atoms with Gasteiger partial charge in [0.15, 0.2) is 5.78 Å². The molecule has 0 aromatic heterocycles. The highest BCUT2D eigenvalue weighted by Gasteiger charge is 2.13. The van der Waals surface area contributed by atoms with Crippen molar-refractivity contribution in [3.8, 4) is 5.75 Å². The van der Waals surface area contributed by atoms with Crippen LogP contribution < -0.4 is 10.5 Å². The van der Waals surface area contributed by atoms with Crippen LogP contribution in [0.2, 0.25) is 0 Å². The first-order chi connectivity index (χ1) is 13.5. The summed E-state index contributed by atoms with van der Waals surface area (Å²) in [5, 5.41) is 0. The fourth-order valence-electron chi connectivity index (χ4n) is 2.93. The molecule has 0 unspecified atom stereocenters. The van der Waals surface area contributed by atoms with E-state index < -0.39 is 0 Å². The molecular formula is C23H29BrN2O2. The van der Waals surface area contributed by atoms with Crippen molar-refractivity contribution in [1.29, 1.82) is 0 Å². The van der Waals surface area contributed by atoms with Crippen molar-refractivity contribution in [2.24, 2.45) is 0 Å². The van der Waals surface area contributed by atoms with Crippen molar-refractivity contribution < 1.29 is 9.53 Å². The first-order valence-electron chi connectivity index (χ1n) is 9.63. The molecule has 5 heteroatoms. The third-order valence-electron chi connectivity index (χ3n) is 4.52. The number of nitrogen functional groups attached to an aromatic ring is 1. The third-order valence-corrected chi connectivity index (χ3v) is 5.05. The average Bonchev–Trinajstić information content (AvgIpc) is 2.67. The number of hydrogen-bond donors (Lipinski definition) is 1. The van der Waals surface area contributed by atoms with Gasteiger partial charge in [0, 0.05) is 33.9 Å². The Balaban J connectivity index is 1.75. The van der Waals surface area contributed by atoms with Crippen molar-refractivity contribution in [2.75, 3.05) is 32.5 Å². The van der Waals surface area contributed by atoms with Crippen LogP contribution in [0.5, 0.6) is 5.75 Å². The Bertz CT molecular complexity index is 775. The summed E-state index contributed by atoms with van der Waals surface area (Å²) in [4.78, 5) is 14.9. The number of halogens is 1. The first-order valence-corrected chi connectivity index (χ1v) is 10.4. The largest absolute Gasteiger partial charge is 0.494 e. The van der Waals surface area contributed by atoms with Crippen LogP contribution in [0.25, 0.3) is 0 Å². The van der Waals surface area contributed by atoms with Gasteiger partial charge in [-0.1, -0.05) is 34.8 Å². The van der Waals surface area contributed by atoms with Gasteiger partial charge in [-0.2, -0.15) is 0 Å². The second-order valence-corrected chi connectivity index (χ2v) is 7.81. The zero-order valence-electron chi connectivity index (χ0n) is 16.5. The first kappa shape index (κ1) is 22.2. The van der Waals surface area contributed by atoms with Gasteiger partial charge in [0.05, 0.1) is 6.61 Å². The van der Waals surface area contributed by atoms with Crippen molar-refractivity contribution >= 4 is 27.4 Å². The average molecular weight is 445 g/mol. The zero-order chi connectivity index (χ0) is 20.4. The van der Waals surface area contributed by atoms with Crippen LogP contribution in [-0.4, -0.2) is 37.4 Å². The normalized spacial score (nSPS) is 10.8. The van der Waals surface area contributed by atoms with E-state index in [-0.39, 0.29) is 5.78 Å². The minimum absolute atomic E-state index is 0.0852. The molecule has 0 saturated heterocycles. The number of carbonyl (C=O) groups excluding carboxylic acids is 1. The van der Waals surface area contributed by atoms with E-state index in [9.17, 15) is 4.79 Å². The van der Waals surface area contributed by atoms with Crippen LogP contribution in [0.4, 0.5) is 5.69 Å². The number of rotatable bonds is 12. The van der Waals surface area contributed by atoms with Gasteiger partial charge in [-0.05, 0) is 62.8 Å². The van der Waals surface area contributed by atoms with E-state index in [0.29, 0.717) is 29.2 Å². The van der Waals surface area contributed by atoms with Crippen LogP contribution in [-0.2, 0) is 0 Å². The standard InChI is InChI=1S/C23H29BrN2O2/c1-3-14-26(2)15-6-4-5-7-16-28-20-12-13-21(22(25)17-20)23(27)18-8-10-19(24)11-9-18/h3,8-13,17H,1,4-7,14-16,25H2,2H3. The maximum Gasteiger partial charge on any atom is 0.195 e. The number of unbranched alkanes of at least 4 members (excludes halogenated alkanes) is 3. The quantitative estimate of drug-likeness (QED) is 0.208. The van der Waals surface area contributed by atoms with E-state index in [4.69, 9.17) is 10.5 Å². The van der Waals surface area contributed by atoms with Crippen molar-refractivity contribution in [1.82, 2.24) is 4.90 Å². The fraction of sp³-hybridized carbons (Fsp3) is 0.348. The smallest absolute Gasteiger partial charge is 0.195 e. The summed E-state index contributed by atoms with van der Waals surface area (Å²) >= 11 is 3.37. The molecule has 2 aromatic rings. The predicted molar refractivity (Wildman–Crippen MR) is 120 cm³/mol. The lowest BCUT2D eigenvalue weighted by atomic mass is 10.0. The highest BCUT2D eigenvalue weighted by Crippen LogP contribution is 2.23. The van der Waals surface area contributed by atoms with Gasteiger partial charge >= 0.3 is 0 Å². The SMILES string of the molecule is C=CCN(C)CCCCCCOc1ccc(C(=O)c2ccc(Br)cc2)c(N)c1. The second-order valence-electron chi connectivity index (χ2n) is 6.90. The van der Waals surface area contributed by atoms with Crippen molar-refractivity contribution in [3.63, 3.8) is 0 Å². The predicted octanol–water partition coefficient (Wildman–Crippen LogP) is 5.32. The maximum absolute atomic E-state index is 12.6. The number of nitrogens with zero attached hydrogens (tertiary/aromatic N) is 1. The molecule has 0 atom stereocenters. The Morgan fingerprint density at radius 1 is 1.14 bits per heavy atom. The molecule has 0 heterocycles. The number of nitrogens with two attached hydrogens (primary N) is 1. The Morgan fingerprint density at radius 3 is 2.54 bits per heavy atom. The number of ketones is 1. The zero-order valence-corrected chi connectivity index (χ0v) is 18.1. The van der Waals surface area contributed by atoms with Gasteiger partial charge in [-0.25, -0.2) is 0 Å². The molecule has 28 heavy (non-hydrogen) atoms. The van der Waals surface area contributed by atoms with Crippen molar-refractivity contribution in [3.05, 3.63) is 70.7 Å². The molecule has 150 valence electrons. The summed E-state index contributed by atoms with van der Waals surface area (Å²) in [5.74, 6) is 0.619. The van der Waals surface area contributed by atoms with E-state index in [1.807, 2.05) is 24.3 Å². The minimum Gasteiger partial charge on any atom is -0.494 e. The molecule has 0 bridgehead atoms. The lowest BCUT2D eigenvalue weighted by molar-refractivity contribution is 0.103. The van der Waals surface area contributed by atoms with E-state index >= 15 is 0 Å². The van der Waals surface area contributed by atoms with Crippen LogP contribution in [0.15, 0.2) is 59.6 Å². The van der Waals surface area contributed by atoms with E-state index in [1.54, 1.807) is 24.3 Å². The summed E-state index contributed by atoms with van der Waals surface area (Å²) in [5.41, 5.74) is 7.64. The highest BCUT2D eigenvalue weighted by atomic mass is 79.9. The van der Waals surface area contributed by atoms with Gasteiger partial charge in [0.2, 0.25) is 0 Å². The molecule has 4 nitrogen and oxygen atoms in total. The number of carbonyl (C=O) groups is 1. The molecule has 0 spiro atoms. The van der Waals surface area contributed by atoms with Crippen LogP contribution >= 0.6 is 15.9 Å². The highest BCUT2D eigenvalue weighted by molar-refractivity contribution is 9.10. The van der Waals surface area contributed by atoms with E-state index in [2.05, 4.69) is 34.5 Å². The number of hydrogen-bond acceptors (Lipinski definition) is 4. The van der Waals surface area contributed by atoms with Gasteiger partial charge in [0.25, 0.3) is 0 Å². The van der Waals surface area contributed by atoms with Gasteiger partial charge in [0.1, 0.15) is 5.75 Å². The Hall–Kier alpha value is -2.11. The van der Waals surface area contributed by atoms with Gasteiger partial charge in [-0.3, -0.25) is 4.79 Å². The van der Waals surface area contributed by atoms with E-state index in [0.717, 1.165) is 30.4 Å². The Kier molecular flexibility index (Phi) is 9.24. The van der Waals surface area contributed by atoms with Gasteiger partial charge < -0.3 is 15.4 Å². The molecule has 2 aromatic carbocycles. The lowest BCUT2D eigenvalue weighted by Gasteiger charge is -2.13. The molecule has 0 fully saturated rings. The van der Waals surface area contributed by atoms with Crippen molar-refractivity contribution in [2.45, 2.75) is 25.7 Å². The van der Waals surface area contributed by atoms with Crippen LogP contribution in [0, 0.1) is 0 Å². The van der Waals surface area contributed by atoms with Gasteiger partial charge in [-0.15, -0.1) is 6.58 Å². The summed E-state index contributed by atoms with van der Waals surface area (Å²) in [7, 11) is 2.11. The molecule has 0 amide bonds. The monoisotopic (exact) mass is 444 g/mol. The minimum atomic E-state index is -0.0852. The van der Waals surface area contributed by atoms with Crippen LogP contribution in [0.3, 0.4) is 0 Å². The molecule has 0 aliphatic heterocycles. The number of ether oxygens (including phenoxy) is 1. The molecule has 2 rings (SSSR count). The molecule has 0 aliphatic rings. The Labute approximate surface area is 176 Å². The summed E-state index contributed by atoms with van der Waals surface area (Å²) < 4.78 is 6.72. The second kappa shape index (κ2) is 11.7. The number of likely N-dealkylation sites (N-methyl/N-ethyl adjacent to an activating group) is 1. The summed E-state index contributed by atoms with van der Waals surface area (Å²) in [6, 6.07) is 12.5. The maximum atomic E-state index is 12.6. The fourth-order valence-corrected chi connectivity index (χ4v) is 3.20.